The van der Waals surface area contributed by atoms with Crippen molar-refractivity contribution in [2.75, 3.05) is 26.9 Å². The van der Waals surface area contributed by atoms with Crippen LogP contribution in [0.4, 0.5) is 0 Å². The Kier molecular flexibility index (Phi) is 8.21. The van der Waals surface area contributed by atoms with Gasteiger partial charge in [-0.1, -0.05) is 18.2 Å². The quantitative estimate of drug-likeness (QED) is 0.461. The summed E-state index contributed by atoms with van der Waals surface area (Å²) in [6.07, 6.45) is 2.20. The summed E-state index contributed by atoms with van der Waals surface area (Å²) in [5.74, 6) is 0.746. The van der Waals surface area contributed by atoms with Gasteiger partial charge in [-0.2, -0.15) is 0 Å². The van der Waals surface area contributed by atoms with E-state index in [1.54, 1.807) is 32.2 Å². The molecule has 6 heteroatoms. The van der Waals surface area contributed by atoms with Crippen LogP contribution in [0.25, 0.3) is 6.08 Å². The first-order valence-corrected chi connectivity index (χ1v) is 9.17. The fourth-order valence-electron chi connectivity index (χ4n) is 2.56. The lowest BCUT2D eigenvalue weighted by molar-refractivity contribution is -0.136. The van der Waals surface area contributed by atoms with Crippen molar-refractivity contribution in [3.05, 3.63) is 59.4 Å². The monoisotopic (exact) mass is 386 g/mol. The molecule has 0 unspecified atom stereocenters. The summed E-state index contributed by atoms with van der Waals surface area (Å²) >= 11 is 0. The number of hydrogen-bond donors (Lipinski definition) is 1. The van der Waals surface area contributed by atoms with Gasteiger partial charge in [0.2, 0.25) is 5.76 Å². The maximum atomic E-state index is 11.2. The van der Waals surface area contributed by atoms with Gasteiger partial charge in [-0.25, -0.2) is 4.79 Å². The molecule has 6 nitrogen and oxygen atoms in total. The molecule has 0 saturated carbocycles. The molecule has 0 aliphatic heterocycles. The van der Waals surface area contributed by atoms with Crippen molar-refractivity contribution in [3.63, 3.8) is 0 Å². The summed E-state index contributed by atoms with van der Waals surface area (Å²) in [4.78, 5) is 11.2. The highest BCUT2D eigenvalue weighted by molar-refractivity contribution is 5.90. The van der Waals surface area contributed by atoms with Crippen LogP contribution in [0.15, 0.2) is 48.2 Å². The Labute approximate surface area is 165 Å². The number of carboxylic acid groups (broad SMARTS) is 1. The standard InChI is InChI=1S/C22H26O6/c1-4-26-18-9-6-16(7-10-18)12-13-28-19-11-8-17(14-20(19)25-3)15-21(22(23)24)27-5-2/h6-11,14-15H,4-5,12-13H2,1-3H3,(H,23,24)/b21-15-. The Hall–Kier alpha value is -3.15. The third-order valence-corrected chi connectivity index (χ3v) is 3.88. The molecule has 0 radical (unpaired) electrons. The molecule has 0 bridgehead atoms. The van der Waals surface area contributed by atoms with Crippen LogP contribution in [0.1, 0.15) is 25.0 Å². The number of hydrogen-bond acceptors (Lipinski definition) is 5. The maximum absolute atomic E-state index is 11.2. The van der Waals surface area contributed by atoms with Gasteiger partial charge in [0.25, 0.3) is 0 Å². The van der Waals surface area contributed by atoms with Crippen molar-refractivity contribution in [2.24, 2.45) is 0 Å². The van der Waals surface area contributed by atoms with E-state index < -0.39 is 5.97 Å². The van der Waals surface area contributed by atoms with E-state index in [1.165, 1.54) is 6.08 Å². The third-order valence-electron chi connectivity index (χ3n) is 3.88. The molecule has 0 aliphatic carbocycles. The summed E-state index contributed by atoms with van der Waals surface area (Å²) in [7, 11) is 1.54. The minimum Gasteiger partial charge on any atom is -0.494 e. The highest BCUT2D eigenvalue weighted by Crippen LogP contribution is 2.29. The maximum Gasteiger partial charge on any atom is 0.371 e. The van der Waals surface area contributed by atoms with Gasteiger partial charge >= 0.3 is 5.97 Å². The molecule has 2 aromatic rings. The SMILES string of the molecule is CCO/C(=C\c1ccc(OCCc2ccc(OCC)cc2)c(OC)c1)C(=O)O. The van der Waals surface area contributed by atoms with Crippen molar-refractivity contribution in [3.8, 4) is 17.2 Å². The van der Waals surface area contributed by atoms with Crippen molar-refractivity contribution in [1.29, 1.82) is 0 Å². The number of rotatable bonds is 11. The average Bonchev–Trinajstić information content (AvgIpc) is 2.70. The second-order valence-electron chi connectivity index (χ2n) is 5.83. The predicted octanol–water partition coefficient (Wildman–Crippen LogP) is 4.18. The first-order valence-electron chi connectivity index (χ1n) is 9.17. The van der Waals surface area contributed by atoms with E-state index in [4.69, 9.17) is 24.1 Å². The summed E-state index contributed by atoms with van der Waals surface area (Å²) < 4.78 is 21.8. The van der Waals surface area contributed by atoms with Gasteiger partial charge in [0.05, 0.1) is 26.9 Å². The van der Waals surface area contributed by atoms with E-state index in [0.717, 1.165) is 17.7 Å². The number of carboxylic acids is 1. The molecule has 0 aromatic heterocycles. The van der Waals surface area contributed by atoms with Gasteiger partial charge < -0.3 is 24.1 Å². The van der Waals surface area contributed by atoms with E-state index in [9.17, 15) is 4.79 Å². The Morgan fingerprint density at radius 1 is 1.00 bits per heavy atom. The van der Waals surface area contributed by atoms with Crippen LogP contribution < -0.4 is 14.2 Å². The van der Waals surface area contributed by atoms with E-state index >= 15 is 0 Å². The number of benzene rings is 2. The van der Waals surface area contributed by atoms with E-state index in [1.807, 2.05) is 31.2 Å². The fraction of sp³-hybridized carbons (Fsp3) is 0.318. The van der Waals surface area contributed by atoms with E-state index in [-0.39, 0.29) is 12.4 Å². The highest BCUT2D eigenvalue weighted by atomic mass is 16.5. The van der Waals surface area contributed by atoms with Crippen LogP contribution in [0.5, 0.6) is 17.2 Å². The zero-order valence-electron chi connectivity index (χ0n) is 16.4. The van der Waals surface area contributed by atoms with Gasteiger partial charge in [-0.3, -0.25) is 0 Å². The smallest absolute Gasteiger partial charge is 0.371 e. The molecule has 28 heavy (non-hydrogen) atoms. The van der Waals surface area contributed by atoms with Crippen LogP contribution in [-0.2, 0) is 16.0 Å². The first kappa shape index (κ1) is 21.2. The summed E-state index contributed by atoms with van der Waals surface area (Å²) in [6, 6.07) is 13.2. The van der Waals surface area contributed by atoms with E-state index in [0.29, 0.717) is 30.3 Å². The van der Waals surface area contributed by atoms with Gasteiger partial charge in [0.15, 0.2) is 11.5 Å². The zero-order valence-corrected chi connectivity index (χ0v) is 16.4. The Morgan fingerprint density at radius 3 is 2.36 bits per heavy atom. The fourth-order valence-corrected chi connectivity index (χ4v) is 2.56. The Morgan fingerprint density at radius 2 is 1.75 bits per heavy atom. The van der Waals surface area contributed by atoms with Crippen LogP contribution in [0, 0.1) is 0 Å². The summed E-state index contributed by atoms with van der Waals surface area (Å²) in [5, 5.41) is 9.16. The Bertz CT molecular complexity index is 795. The van der Waals surface area contributed by atoms with Crippen molar-refractivity contribution in [1.82, 2.24) is 0 Å². The molecule has 0 aliphatic rings. The van der Waals surface area contributed by atoms with Crippen LogP contribution >= 0.6 is 0 Å². The average molecular weight is 386 g/mol. The van der Waals surface area contributed by atoms with Gasteiger partial charge in [0, 0.05) is 6.42 Å². The number of ether oxygens (including phenoxy) is 4. The molecule has 2 rings (SSSR count). The topological polar surface area (TPSA) is 74.2 Å². The first-order chi connectivity index (χ1) is 13.6. The zero-order chi connectivity index (χ0) is 20.4. The normalized spacial score (nSPS) is 11.0. The number of aliphatic carboxylic acids is 1. The van der Waals surface area contributed by atoms with Crippen LogP contribution in [-0.4, -0.2) is 38.0 Å². The summed E-state index contributed by atoms with van der Waals surface area (Å²) in [5.41, 5.74) is 1.80. The molecule has 0 saturated heterocycles. The van der Waals surface area contributed by atoms with Gasteiger partial charge in [0.1, 0.15) is 5.75 Å². The molecule has 150 valence electrons. The lowest BCUT2D eigenvalue weighted by atomic mass is 10.1. The molecule has 1 N–H and O–H groups in total. The molecule has 0 amide bonds. The van der Waals surface area contributed by atoms with Gasteiger partial charge in [-0.05, 0) is 55.3 Å². The molecule has 0 heterocycles. The lowest BCUT2D eigenvalue weighted by Crippen LogP contribution is -2.05. The summed E-state index contributed by atoms with van der Waals surface area (Å²) in [6.45, 7) is 5.10. The minimum atomic E-state index is -1.11. The Balaban J connectivity index is 2.01. The van der Waals surface area contributed by atoms with Crippen LogP contribution in [0.3, 0.4) is 0 Å². The second kappa shape index (κ2) is 10.9. The van der Waals surface area contributed by atoms with Crippen molar-refractivity contribution in [2.45, 2.75) is 20.3 Å². The largest absolute Gasteiger partial charge is 0.494 e. The van der Waals surface area contributed by atoms with Crippen molar-refractivity contribution >= 4 is 12.0 Å². The van der Waals surface area contributed by atoms with E-state index in [2.05, 4.69) is 0 Å². The molecular weight excluding hydrogens is 360 g/mol. The number of carbonyl (C=O) groups is 1. The molecule has 0 spiro atoms. The molecule has 0 atom stereocenters. The lowest BCUT2D eigenvalue weighted by Gasteiger charge is -2.12. The second-order valence-corrected chi connectivity index (χ2v) is 5.83. The van der Waals surface area contributed by atoms with Crippen molar-refractivity contribution < 1.29 is 28.8 Å². The minimum absolute atomic E-state index is 0.117. The third kappa shape index (κ3) is 6.23. The predicted molar refractivity (Wildman–Crippen MR) is 107 cm³/mol. The molecular formula is C22H26O6. The number of methoxy groups -OCH3 is 1. The van der Waals surface area contributed by atoms with Gasteiger partial charge in [-0.15, -0.1) is 0 Å². The molecule has 2 aromatic carbocycles. The van der Waals surface area contributed by atoms with Crippen LogP contribution in [0.2, 0.25) is 0 Å². The molecule has 0 fully saturated rings. The highest BCUT2D eigenvalue weighted by Gasteiger charge is 2.10.